The van der Waals surface area contributed by atoms with E-state index in [2.05, 4.69) is 5.32 Å². The van der Waals surface area contributed by atoms with Crippen LogP contribution in [0.1, 0.15) is 40.5 Å². The van der Waals surface area contributed by atoms with E-state index >= 15 is 0 Å². The largest absolute Gasteiger partial charge is 0.494 e. The number of benzene rings is 1. The van der Waals surface area contributed by atoms with E-state index in [0.717, 1.165) is 26.1 Å². The molecule has 2 aliphatic rings. The van der Waals surface area contributed by atoms with Crippen LogP contribution in [0.25, 0.3) is 0 Å². The first kappa shape index (κ1) is 16.7. The van der Waals surface area contributed by atoms with E-state index in [9.17, 15) is 4.39 Å². The molecule has 6 heteroatoms. The summed E-state index contributed by atoms with van der Waals surface area (Å²) in [4.78, 5) is 0. The third-order valence-electron chi connectivity index (χ3n) is 5.10. The topological polar surface area (TPSA) is 39.7 Å². The Morgan fingerprint density at radius 2 is 1.70 bits per heavy atom. The Bertz CT molecular complexity index is 557. The molecule has 0 amide bonds. The van der Waals surface area contributed by atoms with Gasteiger partial charge in [-0.05, 0) is 58.1 Å². The molecule has 126 valence electrons. The van der Waals surface area contributed by atoms with Crippen molar-refractivity contribution in [3.63, 3.8) is 0 Å². The van der Waals surface area contributed by atoms with Gasteiger partial charge in [0.2, 0.25) is 0 Å². The zero-order valence-electron chi connectivity index (χ0n) is 14.3. The summed E-state index contributed by atoms with van der Waals surface area (Å²) in [5, 5.41) is 3.26. The molecule has 0 saturated carbocycles. The highest BCUT2D eigenvalue weighted by Crippen LogP contribution is 2.36. The molecule has 0 radical (unpaired) electrons. The summed E-state index contributed by atoms with van der Waals surface area (Å²) in [6.07, 6.45) is 1.80. The third kappa shape index (κ3) is 3.39. The Hall–Kier alpha value is -1.11. The highest BCUT2D eigenvalue weighted by atomic mass is 19.1. The van der Waals surface area contributed by atoms with Gasteiger partial charge in [-0.3, -0.25) is 0 Å². The van der Waals surface area contributed by atoms with E-state index in [0.29, 0.717) is 11.2 Å². The van der Waals surface area contributed by atoms with Crippen molar-refractivity contribution >= 4 is 18.3 Å². The minimum atomic E-state index is -0.536. The van der Waals surface area contributed by atoms with Crippen LogP contribution in [0.5, 0.6) is 0 Å². The van der Waals surface area contributed by atoms with Gasteiger partial charge in [0.15, 0.2) is 0 Å². The molecule has 2 saturated heterocycles. The quantitative estimate of drug-likeness (QED) is 0.869. The van der Waals surface area contributed by atoms with Crippen LogP contribution in [0, 0.1) is 5.82 Å². The van der Waals surface area contributed by atoms with Crippen LogP contribution in [0.15, 0.2) is 18.2 Å². The summed E-state index contributed by atoms with van der Waals surface area (Å²) in [7, 11) is -0.536. The monoisotopic (exact) mass is 321 g/mol. The Kier molecular flexibility index (Phi) is 4.42. The van der Waals surface area contributed by atoms with Crippen LogP contribution >= 0.6 is 0 Å². The molecular formula is C17H25BFNO3. The number of rotatable bonds is 3. The van der Waals surface area contributed by atoms with Crippen LogP contribution in [0.3, 0.4) is 0 Å². The number of anilines is 1. The van der Waals surface area contributed by atoms with Crippen molar-refractivity contribution in [2.24, 2.45) is 0 Å². The van der Waals surface area contributed by atoms with Gasteiger partial charge in [-0.15, -0.1) is 0 Å². The lowest BCUT2D eigenvalue weighted by Gasteiger charge is -2.32. The van der Waals surface area contributed by atoms with Crippen LogP contribution in [0.4, 0.5) is 10.1 Å². The third-order valence-corrected chi connectivity index (χ3v) is 5.10. The fourth-order valence-electron chi connectivity index (χ4n) is 2.84. The molecule has 2 heterocycles. The molecule has 0 bridgehead atoms. The Balaban J connectivity index is 1.72. The van der Waals surface area contributed by atoms with Gasteiger partial charge in [0.05, 0.1) is 16.9 Å². The smallest absolute Gasteiger partial charge is 0.399 e. The first-order valence-electron chi connectivity index (χ1n) is 8.28. The predicted octanol–water partition coefficient (Wildman–Crippen LogP) is 2.72. The molecule has 4 nitrogen and oxygen atoms in total. The summed E-state index contributed by atoms with van der Waals surface area (Å²) in [6.45, 7) is 9.42. The Morgan fingerprint density at radius 1 is 1.09 bits per heavy atom. The zero-order valence-corrected chi connectivity index (χ0v) is 14.3. The van der Waals surface area contributed by atoms with Gasteiger partial charge in [0.1, 0.15) is 5.82 Å². The second-order valence-corrected chi connectivity index (χ2v) is 7.36. The summed E-state index contributed by atoms with van der Waals surface area (Å²) >= 11 is 0. The fraction of sp³-hybridized carbons (Fsp3) is 0.647. The lowest BCUT2D eigenvalue weighted by Crippen LogP contribution is -2.41. The maximum Gasteiger partial charge on any atom is 0.494 e. The van der Waals surface area contributed by atoms with Gasteiger partial charge in [0.25, 0.3) is 0 Å². The van der Waals surface area contributed by atoms with Crippen molar-refractivity contribution in [2.45, 2.75) is 57.8 Å². The predicted molar refractivity (Wildman–Crippen MR) is 89.6 cm³/mol. The minimum absolute atomic E-state index is 0.265. The van der Waals surface area contributed by atoms with Gasteiger partial charge >= 0.3 is 7.12 Å². The summed E-state index contributed by atoms with van der Waals surface area (Å²) < 4.78 is 31.7. The van der Waals surface area contributed by atoms with Gasteiger partial charge in [-0.25, -0.2) is 4.39 Å². The Morgan fingerprint density at radius 3 is 2.26 bits per heavy atom. The molecule has 1 aromatic carbocycles. The average Bonchev–Trinajstić information content (AvgIpc) is 2.71. The molecule has 0 unspecified atom stereocenters. The van der Waals surface area contributed by atoms with Gasteiger partial charge in [0, 0.05) is 19.3 Å². The molecule has 0 aliphatic carbocycles. The summed E-state index contributed by atoms with van der Waals surface area (Å²) in [5.41, 5.74) is 0.385. The zero-order chi connectivity index (χ0) is 16.7. The standard InChI is InChI=1S/C17H25BFNO3/c1-16(2)17(3,4)23-18(22-16)12-5-6-15(14(19)11-12)20-13-7-9-21-10-8-13/h5-6,11,13,20H,7-10H2,1-4H3. The van der Waals surface area contributed by atoms with Crippen molar-refractivity contribution < 1.29 is 18.4 Å². The Labute approximate surface area is 137 Å². The van der Waals surface area contributed by atoms with Crippen molar-refractivity contribution in [1.29, 1.82) is 0 Å². The SMILES string of the molecule is CC1(C)OB(c2ccc(NC3CCOCC3)c(F)c2)OC1(C)C. The number of nitrogens with one attached hydrogen (secondary N) is 1. The van der Waals surface area contributed by atoms with E-state index < -0.39 is 18.3 Å². The molecule has 0 spiro atoms. The van der Waals surface area contributed by atoms with Crippen molar-refractivity contribution in [3.05, 3.63) is 24.0 Å². The van der Waals surface area contributed by atoms with Crippen LogP contribution in [-0.4, -0.2) is 37.6 Å². The number of hydrogen-bond donors (Lipinski definition) is 1. The van der Waals surface area contributed by atoms with E-state index in [1.165, 1.54) is 6.07 Å². The first-order valence-corrected chi connectivity index (χ1v) is 8.28. The van der Waals surface area contributed by atoms with E-state index in [4.69, 9.17) is 14.0 Å². The highest BCUT2D eigenvalue weighted by Gasteiger charge is 2.51. The average molecular weight is 321 g/mol. The van der Waals surface area contributed by atoms with Crippen molar-refractivity contribution in [3.8, 4) is 0 Å². The molecule has 0 aromatic heterocycles. The number of hydrogen-bond acceptors (Lipinski definition) is 4. The maximum absolute atomic E-state index is 14.4. The molecule has 23 heavy (non-hydrogen) atoms. The molecule has 1 aromatic rings. The first-order chi connectivity index (χ1) is 10.8. The second-order valence-electron chi connectivity index (χ2n) is 7.36. The van der Waals surface area contributed by atoms with E-state index in [1.54, 1.807) is 6.07 Å². The van der Waals surface area contributed by atoms with Crippen molar-refractivity contribution in [1.82, 2.24) is 0 Å². The van der Waals surface area contributed by atoms with Gasteiger partial charge in [-0.1, -0.05) is 6.07 Å². The lowest BCUT2D eigenvalue weighted by atomic mass is 9.79. The van der Waals surface area contributed by atoms with E-state index in [-0.39, 0.29) is 11.9 Å². The van der Waals surface area contributed by atoms with E-state index in [1.807, 2.05) is 33.8 Å². The number of halogens is 1. The lowest BCUT2D eigenvalue weighted by molar-refractivity contribution is 0.00578. The van der Waals surface area contributed by atoms with Crippen LogP contribution in [-0.2, 0) is 14.0 Å². The maximum atomic E-state index is 14.4. The molecule has 3 rings (SSSR count). The van der Waals surface area contributed by atoms with Gasteiger partial charge < -0.3 is 19.4 Å². The summed E-state index contributed by atoms with van der Waals surface area (Å²) in [5.74, 6) is -0.274. The second kappa shape index (κ2) is 6.08. The van der Waals surface area contributed by atoms with Gasteiger partial charge in [-0.2, -0.15) is 0 Å². The molecule has 0 atom stereocenters. The molecular weight excluding hydrogens is 296 g/mol. The van der Waals surface area contributed by atoms with Crippen molar-refractivity contribution in [2.75, 3.05) is 18.5 Å². The molecule has 2 fully saturated rings. The summed E-state index contributed by atoms with van der Waals surface area (Å²) in [6, 6.07) is 5.41. The fourth-order valence-corrected chi connectivity index (χ4v) is 2.84. The van der Waals surface area contributed by atoms with Crippen LogP contribution in [0.2, 0.25) is 0 Å². The normalized spacial score (nSPS) is 24.0. The highest BCUT2D eigenvalue weighted by molar-refractivity contribution is 6.62. The molecule has 2 aliphatic heterocycles. The molecule has 1 N–H and O–H groups in total. The number of ether oxygens (including phenoxy) is 1. The van der Waals surface area contributed by atoms with Crippen LogP contribution < -0.4 is 10.8 Å². The minimum Gasteiger partial charge on any atom is -0.399 e.